The van der Waals surface area contributed by atoms with E-state index in [-0.39, 0.29) is 13.0 Å². The Hall–Kier alpha value is -0.240. The van der Waals surface area contributed by atoms with Crippen LogP contribution in [-0.2, 0) is 4.74 Å². The van der Waals surface area contributed by atoms with Crippen molar-refractivity contribution in [1.82, 2.24) is 0 Å². The van der Waals surface area contributed by atoms with Gasteiger partial charge in [0.25, 0.3) is 0 Å². The maximum Gasteiger partial charge on any atom is 0.181 e. The van der Waals surface area contributed by atoms with Crippen molar-refractivity contribution in [2.75, 3.05) is 20.8 Å². The highest BCUT2D eigenvalue weighted by Crippen LogP contribution is 2.11. The molecular weight excluding hydrogens is 180 g/mol. The minimum Gasteiger partial charge on any atom is -0.400 e. The fourth-order valence-electron chi connectivity index (χ4n) is 0.784. The highest BCUT2D eigenvalue weighted by atomic mass is 16.6. The summed E-state index contributed by atoms with van der Waals surface area (Å²) in [6.07, 6.45) is -2.49. The third-order valence-electron chi connectivity index (χ3n) is 1.30. The Morgan fingerprint density at radius 3 is 1.77 bits per heavy atom. The molecule has 0 saturated carbocycles. The Morgan fingerprint density at radius 1 is 1.00 bits per heavy atom. The van der Waals surface area contributed by atoms with Crippen molar-refractivity contribution >= 4 is 0 Å². The van der Waals surface area contributed by atoms with Crippen molar-refractivity contribution in [3.63, 3.8) is 0 Å². The second-order valence-corrected chi connectivity index (χ2v) is 2.18. The van der Waals surface area contributed by atoms with Crippen LogP contribution >= 0.6 is 0 Å². The first-order chi connectivity index (χ1) is 6.20. The Labute approximate surface area is 77.0 Å². The van der Waals surface area contributed by atoms with Crippen LogP contribution in [0.25, 0.3) is 0 Å². The van der Waals surface area contributed by atoms with Crippen LogP contribution in [0.15, 0.2) is 0 Å². The Morgan fingerprint density at radius 2 is 1.46 bits per heavy atom. The zero-order valence-corrected chi connectivity index (χ0v) is 7.79. The second-order valence-electron chi connectivity index (χ2n) is 2.18. The first-order valence-electron chi connectivity index (χ1n) is 3.75. The first-order valence-corrected chi connectivity index (χ1v) is 3.75. The van der Waals surface area contributed by atoms with Gasteiger partial charge in [0.1, 0.15) is 6.10 Å². The van der Waals surface area contributed by atoms with E-state index < -0.39 is 18.5 Å². The van der Waals surface area contributed by atoms with Gasteiger partial charge in [0.05, 0.1) is 12.7 Å². The molecule has 0 aromatic carbocycles. The summed E-state index contributed by atoms with van der Waals surface area (Å²) in [5.74, 6) is 0. The molecular formula is C7H18O6. The number of hydrogen-bond acceptors (Lipinski definition) is 6. The van der Waals surface area contributed by atoms with Gasteiger partial charge < -0.3 is 30.3 Å². The fourth-order valence-corrected chi connectivity index (χ4v) is 0.784. The summed E-state index contributed by atoms with van der Waals surface area (Å²) in [4.78, 5) is 0. The lowest BCUT2D eigenvalue weighted by Crippen LogP contribution is -2.40. The minimum atomic E-state index is -1.12. The average Bonchev–Trinajstić information content (AvgIpc) is 2.18. The minimum absolute atomic E-state index is 0.109. The van der Waals surface area contributed by atoms with E-state index in [1.165, 1.54) is 0 Å². The van der Waals surface area contributed by atoms with E-state index in [0.717, 1.165) is 14.2 Å². The van der Waals surface area contributed by atoms with E-state index in [9.17, 15) is 0 Å². The van der Waals surface area contributed by atoms with Gasteiger partial charge >= 0.3 is 0 Å². The first kappa shape index (κ1) is 15.2. The van der Waals surface area contributed by atoms with E-state index in [1.54, 1.807) is 0 Å². The highest BCUT2D eigenvalue weighted by molar-refractivity contribution is 4.70. The van der Waals surface area contributed by atoms with Crippen LogP contribution in [0, 0.1) is 0 Å². The molecule has 0 aliphatic carbocycles. The molecule has 0 aromatic heterocycles. The highest BCUT2D eigenvalue weighted by Gasteiger charge is 2.26. The molecule has 0 radical (unpaired) electrons. The molecule has 82 valence electrons. The van der Waals surface area contributed by atoms with Crippen molar-refractivity contribution in [2.24, 2.45) is 0 Å². The molecule has 3 atom stereocenters. The quantitative estimate of drug-likeness (QED) is 0.298. The van der Waals surface area contributed by atoms with Crippen LogP contribution in [0.5, 0.6) is 0 Å². The molecule has 1 heterocycles. The van der Waals surface area contributed by atoms with Crippen LogP contribution in [0.1, 0.15) is 6.42 Å². The molecule has 0 aromatic rings. The molecule has 1 aliphatic heterocycles. The van der Waals surface area contributed by atoms with Crippen molar-refractivity contribution in [1.29, 1.82) is 0 Å². The predicted octanol–water partition coefficient (Wildman–Crippen LogP) is -2.34. The number of aliphatic hydroxyl groups is 5. The van der Waals surface area contributed by atoms with Crippen LogP contribution in [0.4, 0.5) is 0 Å². The summed E-state index contributed by atoms with van der Waals surface area (Å²) in [5, 5.41) is 40.3. The molecule has 13 heavy (non-hydrogen) atoms. The molecule has 0 spiro atoms. The monoisotopic (exact) mass is 198 g/mol. The van der Waals surface area contributed by atoms with Crippen molar-refractivity contribution in [3.8, 4) is 0 Å². The summed E-state index contributed by atoms with van der Waals surface area (Å²) in [7, 11) is 2.00. The van der Waals surface area contributed by atoms with E-state index >= 15 is 0 Å². The van der Waals surface area contributed by atoms with Gasteiger partial charge in [-0.25, -0.2) is 0 Å². The fraction of sp³-hybridized carbons (Fsp3) is 1.00. The maximum absolute atomic E-state index is 8.81. The van der Waals surface area contributed by atoms with E-state index in [1.807, 2.05) is 0 Å². The standard InChI is InChI=1S/C5H10O4.2CH4O/c6-3-1-4(7)5(8)9-2-3;2*1-2/h3-8H,1-2H2;2*2H,1H3. The van der Waals surface area contributed by atoms with Gasteiger partial charge in [-0.15, -0.1) is 0 Å². The van der Waals surface area contributed by atoms with Crippen molar-refractivity contribution in [2.45, 2.75) is 24.9 Å². The summed E-state index contributed by atoms with van der Waals surface area (Å²) >= 11 is 0. The molecule has 6 heteroatoms. The normalized spacial score (nSPS) is 32.1. The molecule has 5 N–H and O–H groups in total. The third-order valence-corrected chi connectivity index (χ3v) is 1.30. The maximum atomic E-state index is 8.81. The summed E-state index contributed by atoms with van der Waals surface area (Å²) in [6.45, 7) is 0.109. The van der Waals surface area contributed by atoms with E-state index in [2.05, 4.69) is 4.74 Å². The van der Waals surface area contributed by atoms with E-state index in [4.69, 9.17) is 25.5 Å². The average molecular weight is 198 g/mol. The second kappa shape index (κ2) is 9.85. The topological polar surface area (TPSA) is 110 Å². The van der Waals surface area contributed by atoms with E-state index in [0.29, 0.717) is 0 Å². The van der Waals surface area contributed by atoms with Crippen LogP contribution in [0.2, 0.25) is 0 Å². The SMILES string of the molecule is CO.CO.OC1COC(O)C(O)C1. The molecule has 1 aliphatic rings. The number of aliphatic hydroxyl groups excluding tert-OH is 5. The van der Waals surface area contributed by atoms with Gasteiger partial charge in [0.15, 0.2) is 6.29 Å². The van der Waals surface area contributed by atoms with Crippen LogP contribution < -0.4 is 0 Å². The Balaban J connectivity index is 0. The molecule has 1 fully saturated rings. The molecule has 0 amide bonds. The zero-order chi connectivity index (χ0) is 10.9. The van der Waals surface area contributed by atoms with Gasteiger partial charge in [-0.2, -0.15) is 0 Å². The van der Waals surface area contributed by atoms with Gasteiger partial charge in [0, 0.05) is 20.6 Å². The lowest BCUT2D eigenvalue weighted by molar-refractivity contribution is -0.211. The third kappa shape index (κ3) is 6.88. The number of rotatable bonds is 0. The van der Waals surface area contributed by atoms with Gasteiger partial charge in [-0.1, -0.05) is 0 Å². The lowest BCUT2D eigenvalue weighted by atomic mass is 10.1. The molecule has 3 unspecified atom stereocenters. The molecule has 6 nitrogen and oxygen atoms in total. The van der Waals surface area contributed by atoms with Gasteiger partial charge in [-0.05, 0) is 0 Å². The molecule has 1 rings (SSSR count). The van der Waals surface area contributed by atoms with Gasteiger partial charge in [-0.3, -0.25) is 0 Å². The summed E-state index contributed by atoms with van der Waals surface area (Å²) in [6, 6.07) is 0. The largest absolute Gasteiger partial charge is 0.400 e. The van der Waals surface area contributed by atoms with Crippen molar-refractivity contribution < 1.29 is 30.3 Å². The Bertz CT molecular complexity index is 99.0. The summed E-state index contributed by atoms with van der Waals surface area (Å²) in [5.41, 5.74) is 0. The number of hydrogen-bond donors (Lipinski definition) is 5. The number of ether oxygens (including phenoxy) is 1. The lowest BCUT2D eigenvalue weighted by Gasteiger charge is -2.26. The van der Waals surface area contributed by atoms with Crippen LogP contribution in [-0.4, -0.2) is 64.9 Å². The zero-order valence-electron chi connectivity index (χ0n) is 7.79. The van der Waals surface area contributed by atoms with Crippen molar-refractivity contribution in [3.05, 3.63) is 0 Å². The van der Waals surface area contributed by atoms with Gasteiger partial charge in [0.2, 0.25) is 0 Å². The summed E-state index contributed by atoms with van der Waals surface area (Å²) < 4.78 is 4.56. The predicted molar refractivity (Wildman–Crippen MR) is 44.9 cm³/mol. The Kier molecular flexibility index (Phi) is 11.5. The molecule has 1 saturated heterocycles. The molecule has 0 bridgehead atoms. The smallest absolute Gasteiger partial charge is 0.181 e. The van der Waals surface area contributed by atoms with Crippen LogP contribution in [0.3, 0.4) is 0 Å².